The fourth-order valence-corrected chi connectivity index (χ4v) is 2.50. The van der Waals surface area contributed by atoms with Gasteiger partial charge in [0.05, 0.1) is 12.8 Å². The van der Waals surface area contributed by atoms with Crippen molar-refractivity contribution in [3.05, 3.63) is 58.9 Å². The van der Waals surface area contributed by atoms with Crippen LogP contribution in [0.2, 0.25) is 0 Å². The topological polar surface area (TPSA) is 97.7 Å². The van der Waals surface area contributed by atoms with E-state index >= 15 is 0 Å². The van der Waals surface area contributed by atoms with Gasteiger partial charge in [0, 0.05) is 37.2 Å². The van der Waals surface area contributed by atoms with Crippen LogP contribution in [0.4, 0.5) is 11.5 Å². The molecule has 4 rings (SSSR count). The Labute approximate surface area is 142 Å². The molecule has 2 N–H and O–H groups in total. The number of H-pyrrole nitrogens is 1. The molecule has 8 heteroatoms. The van der Waals surface area contributed by atoms with E-state index in [0.717, 1.165) is 5.57 Å². The second kappa shape index (κ2) is 6.33. The minimum atomic E-state index is -0.109. The summed E-state index contributed by atoms with van der Waals surface area (Å²) in [5, 5.41) is 10.1. The van der Waals surface area contributed by atoms with Gasteiger partial charge in [-0.1, -0.05) is 18.2 Å². The van der Waals surface area contributed by atoms with Crippen molar-refractivity contribution < 1.29 is 4.74 Å². The minimum absolute atomic E-state index is 0.109. The third kappa shape index (κ3) is 2.94. The summed E-state index contributed by atoms with van der Waals surface area (Å²) < 4.78 is 6.60. The Balaban J connectivity index is 1.67. The van der Waals surface area contributed by atoms with Crippen LogP contribution < -0.4 is 10.9 Å². The number of rotatable bonds is 6. The lowest BCUT2D eigenvalue weighted by Gasteiger charge is -2.11. The summed E-state index contributed by atoms with van der Waals surface area (Å²) in [6.45, 7) is 0.998. The number of hydrogen-bond acceptors (Lipinski definition) is 6. The standard InChI is InChI=1S/C17H16N6O2/c1-25-8-7-23-6-5-12(9-14(23)24)19-17-15-13(10-18-22-15)20-16(21-17)11-3-2-4-11/h2-6,9-10H,7-8H2,1H3,(H,18,22)(H,19,20,21). The van der Waals surface area contributed by atoms with Gasteiger partial charge in [-0.3, -0.25) is 9.89 Å². The first-order valence-electron chi connectivity index (χ1n) is 7.81. The van der Waals surface area contributed by atoms with Crippen molar-refractivity contribution in [3.8, 4) is 0 Å². The SMILES string of the molecule is COCCn1ccc(Nc2nc(C3=CC=C3)nc3cn[nH]c23)cc1=O. The first kappa shape index (κ1) is 15.3. The molecule has 0 aromatic carbocycles. The van der Waals surface area contributed by atoms with Crippen LogP contribution in [0.3, 0.4) is 0 Å². The molecule has 0 radical (unpaired) electrons. The molecule has 0 amide bonds. The van der Waals surface area contributed by atoms with E-state index in [4.69, 9.17) is 4.74 Å². The number of allylic oxidation sites excluding steroid dienone is 4. The van der Waals surface area contributed by atoms with Gasteiger partial charge in [-0.15, -0.1) is 0 Å². The Bertz CT molecular complexity index is 1050. The van der Waals surface area contributed by atoms with E-state index in [1.165, 1.54) is 6.07 Å². The molecular formula is C17H16N6O2. The van der Waals surface area contributed by atoms with E-state index < -0.39 is 0 Å². The van der Waals surface area contributed by atoms with Crippen LogP contribution in [0.25, 0.3) is 16.6 Å². The summed E-state index contributed by atoms with van der Waals surface area (Å²) in [6.07, 6.45) is 9.21. The first-order valence-corrected chi connectivity index (χ1v) is 7.81. The number of ether oxygens (including phenoxy) is 1. The average Bonchev–Trinajstić information content (AvgIpc) is 3.01. The third-order valence-electron chi connectivity index (χ3n) is 3.91. The zero-order valence-corrected chi connectivity index (χ0v) is 13.6. The van der Waals surface area contributed by atoms with Crippen LogP contribution in [0.1, 0.15) is 5.82 Å². The van der Waals surface area contributed by atoms with Gasteiger partial charge >= 0.3 is 0 Å². The lowest BCUT2D eigenvalue weighted by molar-refractivity contribution is 0.186. The van der Waals surface area contributed by atoms with Gasteiger partial charge in [-0.05, 0) is 6.07 Å². The summed E-state index contributed by atoms with van der Waals surface area (Å²) >= 11 is 0. The molecule has 0 unspecified atom stereocenters. The van der Waals surface area contributed by atoms with Crippen molar-refractivity contribution in [3.63, 3.8) is 0 Å². The molecule has 8 nitrogen and oxygen atoms in total. The molecule has 0 aliphatic heterocycles. The van der Waals surface area contributed by atoms with Gasteiger partial charge in [0.25, 0.3) is 5.56 Å². The molecule has 3 heterocycles. The molecule has 0 fully saturated rings. The Morgan fingerprint density at radius 3 is 2.96 bits per heavy atom. The van der Waals surface area contributed by atoms with Crippen LogP contribution in [0, 0.1) is 0 Å². The summed E-state index contributed by atoms with van der Waals surface area (Å²) in [5.41, 5.74) is 2.90. The maximum Gasteiger partial charge on any atom is 0.252 e. The molecule has 25 heavy (non-hydrogen) atoms. The lowest BCUT2D eigenvalue weighted by atomic mass is 10.1. The third-order valence-corrected chi connectivity index (χ3v) is 3.91. The predicted octanol–water partition coefficient (Wildman–Crippen LogP) is 1.86. The minimum Gasteiger partial charge on any atom is -0.383 e. The quantitative estimate of drug-likeness (QED) is 0.713. The van der Waals surface area contributed by atoms with Gasteiger partial charge in [0.2, 0.25) is 0 Å². The largest absolute Gasteiger partial charge is 0.383 e. The highest BCUT2D eigenvalue weighted by atomic mass is 16.5. The van der Waals surface area contributed by atoms with Crippen molar-refractivity contribution in [1.29, 1.82) is 0 Å². The number of methoxy groups -OCH3 is 1. The van der Waals surface area contributed by atoms with Crippen molar-refractivity contribution in [2.45, 2.75) is 6.54 Å². The van der Waals surface area contributed by atoms with E-state index in [-0.39, 0.29) is 5.56 Å². The van der Waals surface area contributed by atoms with Gasteiger partial charge < -0.3 is 14.6 Å². The van der Waals surface area contributed by atoms with Crippen LogP contribution in [0.15, 0.2) is 47.5 Å². The molecule has 0 spiro atoms. The van der Waals surface area contributed by atoms with Crippen molar-refractivity contribution in [2.24, 2.45) is 0 Å². The monoisotopic (exact) mass is 336 g/mol. The maximum absolute atomic E-state index is 12.2. The summed E-state index contributed by atoms with van der Waals surface area (Å²) in [4.78, 5) is 21.2. The fourth-order valence-electron chi connectivity index (χ4n) is 2.50. The fraction of sp³-hybridized carbons (Fsp3) is 0.176. The van der Waals surface area contributed by atoms with Gasteiger partial charge in [-0.2, -0.15) is 5.10 Å². The Hall–Kier alpha value is -3.26. The second-order valence-electron chi connectivity index (χ2n) is 5.57. The van der Waals surface area contributed by atoms with Crippen LogP contribution in [-0.4, -0.2) is 38.4 Å². The molecule has 1 aliphatic rings. The van der Waals surface area contributed by atoms with Crippen LogP contribution in [-0.2, 0) is 11.3 Å². The molecule has 1 aliphatic carbocycles. The molecule has 0 saturated heterocycles. The van der Waals surface area contributed by atoms with Gasteiger partial charge in [0.1, 0.15) is 11.0 Å². The molecule has 0 atom stereocenters. The number of hydrogen-bond donors (Lipinski definition) is 2. The van der Waals surface area contributed by atoms with Crippen molar-refractivity contribution in [2.75, 3.05) is 19.0 Å². The van der Waals surface area contributed by atoms with E-state index in [2.05, 4.69) is 25.5 Å². The van der Waals surface area contributed by atoms with Gasteiger partial charge in [-0.25, -0.2) is 9.97 Å². The predicted molar refractivity (Wildman–Crippen MR) is 94.7 cm³/mol. The number of aromatic nitrogens is 5. The highest BCUT2D eigenvalue weighted by molar-refractivity contribution is 5.89. The van der Waals surface area contributed by atoms with Crippen molar-refractivity contribution >= 4 is 28.1 Å². The smallest absolute Gasteiger partial charge is 0.252 e. The zero-order chi connectivity index (χ0) is 17.2. The molecule has 0 bridgehead atoms. The Morgan fingerprint density at radius 1 is 1.36 bits per heavy atom. The lowest BCUT2D eigenvalue weighted by Crippen LogP contribution is -2.21. The number of aromatic amines is 1. The highest BCUT2D eigenvalue weighted by Crippen LogP contribution is 2.26. The van der Waals surface area contributed by atoms with E-state index in [9.17, 15) is 4.79 Å². The first-order chi connectivity index (χ1) is 12.2. The average molecular weight is 336 g/mol. The molecule has 3 aromatic heterocycles. The number of fused-ring (bicyclic) bond motifs is 1. The van der Waals surface area contributed by atoms with Crippen LogP contribution in [0.5, 0.6) is 0 Å². The normalized spacial score (nSPS) is 12.9. The molecular weight excluding hydrogens is 320 g/mol. The van der Waals surface area contributed by atoms with E-state index in [1.54, 1.807) is 24.1 Å². The number of pyridine rings is 1. The molecule has 0 saturated carbocycles. The Morgan fingerprint density at radius 2 is 2.24 bits per heavy atom. The van der Waals surface area contributed by atoms with Gasteiger partial charge in [0.15, 0.2) is 11.6 Å². The summed E-state index contributed by atoms with van der Waals surface area (Å²) in [6, 6.07) is 3.35. The number of nitrogens with one attached hydrogen (secondary N) is 2. The summed E-state index contributed by atoms with van der Waals surface area (Å²) in [5.74, 6) is 1.19. The van der Waals surface area contributed by atoms with E-state index in [1.807, 2.05) is 24.3 Å². The number of nitrogens with zero attached hydrogens (tertiary/aromatic N) is 4. The highest BCUT2D eigenvalue weighted by Gasteiger charge is 2.13. The number of anilines is 2. The Kier molecular flexibility index (Phi) is 3.87. The van der Waals surface area contributed by atoms with Crippen LogP contribution >= 0.6 is 0 Å². The zero-order valence-electron chi connectivity index (χ0n) is 13.6. The maximum atomic E-state index is 12.2. The van der Waals surface area contributed by atoms with Crippen molar-refractivity contribution in [1.82, 2.24) is 24.7 Å². The second-order valence-corrected chi connectivity index (χ2v) is 5.57. The summed E-state index contributed by atoms with van der Waals surface area (Å²) in [7, 11) is 1.61. The molecule has 126 valence electrons. The molecule has 3 aromatic rings. The van der Waals surface area contributed by atoms with E-state index in [0.29, 0.717) is 41.5 Å².